The first-order chi connectivity index (χ1) is 18.0. The molecule has 0 radical (unpaired) electrons. The number of ether oxygens (including phenoxy) is 1. The van der Waals surface area contributed by atoms with Crippen molar-refractivity contribution in [2.75, 3.05) is 30.5 Å². The quantitative estimate of drug-likeness (QED) is 0.400. The summed E-state index contributed by atoms with van der Waals surface area (Å²) < 4.78 is 34.2. The number of amides is 1. The van der Waals surface area contributed by atoms with Crippen molar-refractivity contribution < 1.29 is 17.9 Å². The lowest BCUT2D eigenvalue weighted by atomic mass is 10.0. The van der Waals surface area contributed by atoms with Gasteiger partial charge in [0.25, 0.3) is 10.0 Å². The molecule has 1 N–H and O–H groups in total. The predicted octanol–water partition coefficient (Wildman–Crippen LogP) is 4.58. The van der Waals surface area contributed by atoms with Crippen LogP contribution in [0.1, 0.15) is 37.3 Å². The minimum Gasteiger partial charge on any atom is -0.492 e. The number of anilines is 1. The Kier molecular flexibility index (Phi) is 9.19. The summed E-state index contributed by atoms with van der Waals surface area (Å²) in [6.45, 7) is 5.20. The van der Waals surface area contributed by atoms with E-state index in [0.29, 0.717) is 24.6 Å². The molecule has 3 aromatic rings. The third-order valence-electron chi connectivity index (χ3n) is 6.49. The molecule has 1 fully saturated rings. The number of hydrogen-bond acceptors (Lipinski definition) is 5. The summed E-state index contributed by atoms with van der Waals surface area (Å²) in [5.41, 5.74) is 2.54. The van der Waals surface area contributed by atoms with Crippen molar-refractivity contribution in [3.8, 4) is 5.75 Å². The zero-order valence-electron chi connectivity index (χ0n) is 21.3. The second kappa shape index (κ2) is 12.7. The number of carbonyl (C=O) groups is 1. The largest absolute Gasteiger partial charge is 0.492 e. The third kappa shape index (κ3) is 6.90. The molecular weight excluding hydrogens is 486 g/mol. The van der Waals surface area contributed by atoms with E-state index >= 15 is 0 Å². The Morgan fingerprint density at radius 2 is 1.54 bits per heavy atom. The van der Waals surface area contributed by atoms with Crippen LogP contribution in [0, 0.1) is 0 Å². The molecule has 0 bridgehead atoms. The Morgan fingerprint density at radius 1 is 0.892 bits per heavy atom. The van der Waals surface area contributed by atoms with Gasteiger partial charge in [-0.2, -0.15) is 0 Å². The van der Waals surface area contributed by atoms with Crippen molar-refractivity contribution in [1.29, 1.82) is 0 Å². The van der Waals surface area contributed by atoms with Crippen molar-refractivity contribution in [3.63, 3.8) is 0 Å². The second-order valence-corrected chi connectivity index (χ2v) is 11.0. The topological polar surface area (TPSA) is 79.0 Å². The van der Waals surface area contributed by atoms with Crippen LogP contribution in [-0.2, 0) is 27.9 Å². The van der Waals surface area contributed by atoms with Crippen molar-refractivity contribution in [1.82, 2.24) is 10.2 Å². The first kappa shape index (κ1) is 26.7. The fraction of sp³-hybridized carbons (Fsp3) is 0.345. The Balaban J connectivity index is 1.53. The van der Waals surface area contributed by atoms with Crippen LogP contribution in [0.2, 0.25) is 0 Å². The first-order valence-corrected chi connectivity index (χ1v) is 14.3. The molecule has 1 aliphatic rings. The van der Waals surface area contributed by atoms with Crippen LogP contribution in [0.15, 0.2) is 83.8 Å². The summed E-state index contributed by atoms with van der Waals surface area (Å²) in [7, 11) is -4.01. The van der Waals surface area contributed by atoms with Crippen molar-refractivity contribution in [2.24, 2.45) is 0 Å². The zero-order chi connectivity index (χ0) is 26.1. The van der Waals surface area contributed by atoms with Gasteiger partial charge in [0.15, 0.2) is 0 Å². The normalized spacial score (nSPS) is 14.2. The van der Waals surface area contributed by atoms with Gasteiger partial charge in [0.2, 0.25) is 5.91 Å². The van der Waals surface area contributed by atoms with E-state index < -0.39 is 15.9 Å². The molecule has 1 amide bonds. The minimum absolute atomic E-state index is 0.112. The molecule has 0 saturated carbocycles. The number of benzene rings is 3. The average molecular weight is 522 g/mol. The van der Waals surface area contributed by atoms with E-state index in [1.165, 1.54) is 37.0 Å². The number of nitrogens with one attached hydrogen (secondary N) is 1. The number of hydrogen-bond donors (Lipinski definition) is 1. The molecule has 7 nitrogen and oxygen atoms in total. The number of rotatable bonds is 11. The summed E-state index contributed by atoms with van der Waals surface area (Å²) in [5.74, 6) is 0.0165. The number of sulfonamides is 1. The van der Waals surface area contributed by atoms with E-state index in [1.54, 1.807) is 42.5 Å². The fourth-order valence-electron chi connectivity index (χ4n) is 4.58. The molecule has 1 aliphatic heterocycles. The van der Waals surface area contributed by atoms with Crippen LogP contribution in [0.25, 0.3) is 0 Å². The van der Waals surface area contributed by atoms with Crippen LogP contribution >= 0.6 is 0 Å². The SMILES string of the molecule is CCOc1ccccc1N(CC(=O)NCc1ccccc1CN1CCCCC1)S(=O)(=O)c1ccccc1. The van der Waals surface area contributed by atoms with E-state index in [0.717, 1.165) is 29.5 Å². The molecule has 0 unspecified atom stereocenters. The lowest BCUT2D eigenvalue weighted by Crippen LogP contribution is -2.41. The first-order valence-electron chi connectivity index (χ1n) is 12.8. The standard InChI is InChI=1S/C29H35N3O4S/c1-2-36-28-18-10-9-17-27(28)32(37(34,35)26-15-5-3-6-16-26)23-29(33)30-21-24-13-7-8-14-25(24)22-31-19-11-4-12-20-31/h3,5-10,13-18H,2,4,11-12,19-23H2,1H3,(H,30,33). The number of carbonyl (C=O) groups excluding carboxylic acids is 1. The zero-order valence-corrected chi connectivity index (χ0v) is 22.1. The maximum atomic E-state index is 13.7. The predicted molar refractivity (Wildman–Crippen MR) is 146 cm³/mol. The van der Waals surface area contributed by atoms with E-state index in [4.69, 9.17) is 4.74 Å². The molecule has 3 aromatic carbocycles. The molecule has 8 heteroatoms. The molecule has 0 aromatic heterocycles. The van der Waals surface area contributed by atoms with Gasteiger partial charge in [0, 0.05) is 13.1 Å². The highest BCUT2D eigenvalue weighted by atomic mass is 32.2. The van der Waals surface area contributed by atoms with Crippen LogP contribution in [0.4, 0.5) is 5.69 Å². The summed E-state index contributed by atoms with van der Waals surface area (Å²) in [6, 6.07) is 23.1. The van der Waals surface area contributed by atoms with Gasteiger partial charge in [-0.25, -0.2) is 8.42 Å². The van der Waals surface area contributed by atoms with Crippen LogP contribution < -0.4 is 14.4 Å². The van der Waals surface area contributed by atoms with Gasteiger partial charge >= 0.3 is 0 Å². The van der Waals surface area contributed by atoms with Crippen molar-refractivity contribution in [2.45, 2.75) is 44.2 Å². The van der Waals surface area contributed by atoms with Gasteiger partial charge < -0.3 is 10.1 Å². The molecule has 1 saturated heterocycles. The van der Waals surface area contributed by atoms with Gasteiger partial charge in [0.1, 0.15) is 12.3 Å². The molecular formula is C29H35N3O4S. The maximum Gasteiger partial charge on any atom is 0.264 e. The number of piperidine rings is 1. The van der Waals surface area contributed by atoms with E-state index in [2.05, 4.69) is 16.3 Å². The van der Waals surface area contributed by atoms with E-state index in [9.17, 15) is 13.2 Å². The minimum atomic E-state index is -4.01. The van der Waals surface area contributed by atoms with Crippen molar-refractivity contribution >= 4 is 21.6 Å². The van der Waals surface area contributed by atoms with E-state index in [-0.39, 0.29) is 11.4 Å². The summed E-state index contributed by atoms with van der Waals surface area (Å²) in [6.07, 6.45) is 3.71. The average Bonchev–Trinajstić information content (AvgIpc) is 2.93. The third-order valence-corrected chi connectivity index (χ3v) is 8.26. The molecule has 0 atom stereocenters. The molecule has 196 valence electrons. The van der Waals surface area contributed by atoms with Gasteiger partial charge in [-0.3, -0.25) is 14.0 Å². The highest BCUT2D eigenvalue weighted by Crippen LogP contribution is 2.32. The van der Waals surface area contributed by atoms with Crippen molar-refractivity contribution in [3.05, 3.63) is 90.0 Å². The number of nitrogens with zero attached hydrogens (tertiary/aromatic N) is 2. The van der Waals surface area contributed by atoms with Crippen LogP contribution in [0.5, 0.6) is 5.75 Å². The van der Waals surface area contributed by atoms with Crippen LogP contribution in [0.3, 0.4) is 0 Å². The van der Waals surface area contributed by atoms with E-state index in [1.807, 2.05) is 25.1 Å². The monoisotopic (exact) mass is 521 g/mol. The van der Waals surface area contributed by atoms with Gasteiger partial charge in [-0.05, 0) is 68.2 Å². The van der Waals surface area contributed by atoms with Gasteiger partial charge in [0.05, 0.1) is 17.2 Å². The molecule has 0 aliphatic carbocycles. The molecule has 0 spiro atoms. The maximum absolute atomic E-state index is 13.7. The Labute approximate surface area is 220 Å². The van der Waals surface area contributed by atoms with Gasteiger partial charge in [-0.15, -0.1) is 0 Å². The van der Waals surface area contributed by atoms with Gasteiger partial charge in [-0.1, -0.05) is 61.0 Å². The Hall–Kier alpha value is -3.36. The lowest BCUT2D eigenvalue weighted by Gasteiger charge is -2.27. The Bertz CT molecular complexity index is 1280. The smallest absolute Gasteiger partial charge is 0.264 e. The highest BCUT2D eigenvalue weighted by molar-refractivity contribution is 7.92. The number of likely N-dealkylation sites (tertiary alicyclic amines) is 1. The summed E-state index contributed by atoms with van der Waals surface area (Å²) >= 11 is 0. The summed E-state index contributed by atoms with van der Waals surface area (Å²) in [5, 5.41) is 2.95. The Morgan fingerprint density at radius 3 is 2.27 bits per heavy atom. The highest BCUT2D eigenvalue weighted by Gasteiger charge is 2.29. The number of para-hydroxylation sites is 2. The summed E-state index contributed by atoms with van der Waals surface area (Å²) in [4.78, 5) is 15.7. The molecule has 4 rings (SSSR count). The molecule has 1 heterocycles. The lowest BCUT2D eigenvalue weighted by molar-refractivity contribution is -0.119. The second-order valence-electron chi connectivity index (χ2n) is 9.11. The molecule has 37 heavy (non-hydrogen) atoms. The fourth-order valence-corrected chi connectivity index (χ4v) is 6.04. The van der Waals surface area contributed by atoms with Crippen LogP contribution in [-0.4, -0.2) is 45.5 Å².